The number of hydrogen-bond donors (Lipinski definition) is 1. The summed E-state index contributed by atoms with van der Waals surface area (Å²) in [6.07, 6.45) is 0.357. The van der Waals surface area contributed by atoms with E-state index in [0.29, 0.717) is 10.6 Å². The Morgan fingerprint density at radius 3 is 2.30 bits per heavy atom. The lowest BCUT2D eigenvalue weighted by Gasteiger charge is -2.27. The Morgan fingerprint density at radius 1 is 1.00 bits per heavy atom. The van der Waals surface area contributed by atoms with Crippen molar-refractivity contribution in [3.05, 3.63) is 94.3 Å². The Bertz CT molecular complexity index is 1280. The number of benzene rings is 3. The number of sulfonamides is 1. The average Bonchev–Trinajstić information content (AvgIpc) is 3.13. The van der Waals surface area contributed by atoms with Gasteiger partial charge in [-0.15, -0.1) is 0 Å². The molecule has 1 aliphatic rings. The summed E-state index contributed by atoms with van der Waals surface area (Å²) in [4.78, 5) is 13.0. The van der Waals surface area contributed by atoms with Gasteiger partial charge < -0.3 is 4.74 Å². The fraction of sp³-hybridized carbons (Fsp3) is 0.240. The summed E-state index contributed by atoms with van der Waals surface area (Å²) >= 11 is 5.99. The molecule has 1 N–H and O–H groups in total. The predicted octanol–water partition coefficient (Wildman–Crippen LogP) is 4.67. The van der Waals surface area contributed by atoms with Crippen LogP contribution in [0.5, 0.6) is 0 Å². The van der Waals surface area contributed by atoms with Crippen LogP contribution in [0.4, 0.5) is 4.39 Å². The molecule has 0 radical (unpaired) electrons. The summed E-state index contributed by atoms with van der Waals surface area (Å²) in [7, 11) is -3.93. The van der Waals surface area contributed by atoms with Crippen molar-refractivity contribution in [2.45, 2.75) is 31.1 Å². The summed E-state index contributed by atoms with van der Waals surface area (Å²) in [6, 6.07) is 18.5. The number of ether oxygens (including phenoxy) is 1. The SMILES string of the molecule is CCOC(=O)C1(NS(=O)(=O)Cc2ccc(F)cc2)Cc2ccc(-c3ccc(Cl)cc3)cc2C1. The third kappa shape index (κ3) is 5.27. The normalized spacial score (nSPS) is 17.5. The minimum Gasteiger partial charge on any atom is -0.465 e. The van der Waals surface area contributed by atoms with E-state index in [4.69, 9.17) is 16.3 Å². The fourth-order valence-electron chi connectivity index (χ4n) is 4.16. The van der Waals surface area contributed by atoms with E-state index in [2.05, 4.69) is 4.72 Å². The van der Waals surface area contributed by atoms with Gasteiger partial charge in [-0.3, -0.25) is 0 Å². The molecule has 3 aromatic rings. The van der Waals surface area contributed by atoms with E-state index < -0.39 is 27.3 Å². The van der Waals surface area contributed by atoms with E-state index >= 15 is 0 Å². The molecule has 4 rings (SSSR count). The molecule has 0 bridgehead atoms. The first-order valence-electron chi connectivity index (χ1n) is 10.5. The quantitative estimate of drug-likeness (QED) is 0.492. The molecule has 1 aliphatic carbocycles. The number of esters is 1. The van der Waals surface area contributed by atoms with Gasteiger partial charge in [0, 0.05) is 17.9 Å². The number of rotatable bonds is 7. The molecule has 1 unspecified atom stereocenters. The number of carbonyl (C=O) groups excluding carboxylic acids is 1. The van der Waals surface area contributed by atoms with Crippen molar-refractivity contribution < 1.29 is 22.3 Å². The van der Waals surface area contributed by atoms with Crippen molar-refractivity contribution in [3.63, 3.8) is 0 Å². The average molecular weight is 488 g/mol. The van der Waals surface area contributed by atoms with Gasteiger partial charge in [-0.2, -0.15) is 4.72 Å². The van der Waals surface area contributed by atoms with Crippen LogP contribution in [-0.4, -0.2) is 26.5 Å². The van der Waals surface area contributed by atoms with Crippen molar-refractivity contribution in [2.24, 2.45) is 0 Å². The van der Waals surface area contributed by atoms with Gasteiger partial charge >= 0.3 is 5.97 Å². The molecular weight excluding hydrogens is 465 g/mol. The third-order valence-electron chi connectivity index (χ3n) is 5.66. The fourth-order valence-corrected chi connectivity index (χ4v) is 5.81. The topological polar surface area (TPSA) is 72.5 Å². The highest BCUT2D eigenvalue weighted by molar-refractivity contribution is 7.88. The summed E-state index contributed by atoms with van der Waals surface area (Å²) in [5.74, 6) is -1.44. The van der Waals surface area contributed by atoms with Crippen molar-refractivity contribution in [3.8, 4) is 11.1 Å². The largest absolute Gasteiger partial charge is 0.465 e. The van der Waals surface area contributed by atoms with Crippen LogP contribution in [0.3, 0.4) is 0 Å². The maximum atomic E-state index is 13.2. The zero-order valence-electron chi connectivity index (χ0n) is 18.0. The molecule has 0 fully saturated rings. The van der Waals surface area contributed by atoms with Crippen LogP contribution in [0.25, 0.3) is 11.1 Å². The first-order valence-corrected chi connectivity index (χ1v) is 12.5. The molecule has 1 atom stereocenters. The minimum absolute atomic E-state index is 0.132. The molecule has 0 amide bonds. The van der Waals surface area contributed by atoms with Gasteiger partial charge in [-0.05, 0) is 59.0 Å². The highest BCUT2D eigenvalue weighted by Crippen LogP contribution is 2.35. The zero-order chi connectivity index (χ0) is 23.6. The molecule has 172 valence electrons. The van der Waals surface area contributed by atoms with E-state index in [9.17, 15) is 17.6 Å². The Hall–Kier alpha value is -2.74. The van der Waals surface area contributed by atoms with E-state index in [1.54, 1.807) is 19.1 Å². The smallest absolute Gasteiger partial charge is 0.328 e. The van der Waals surface area contributed by atoms with Crippen molar-refractivity contribution in [2.75, 3.05) is 6.61 Å². The van der Waals surface area contributed by atoms with E-state index in [0.717, 1.165) is 22.3 Å². The van der Waals surface area contributed by atoms with Crippen LogP contribution in [0.15, 0.2) is 66.7 Å². The van der Waals surface area contributed by atoms with Crippen LogP contribution < -0.4 is 4.72 Å². The van der Waals surface area contributed by atoms with E-state index in [1.807, 2.05) is 30.3 Å². The van der Waals surface area contributed by atoms with Gasteiger partial charge in [0.25, 0.3) is 0 Å². The highest BCUT2D eigenvalue weighted by atomic mass is 35.5. The first-order chi connectivity index (χ1) is 15.7. The maximum Gasteiger partial charge on any atom is 0.328 e. The van der Waals surface area contributed by atoms with Crippen LogP contribution in [0, 0.1) is 5.82 Å². The molecule has 0 aliphatic heterocycles. The van der Waals surface area contributed by atoms with Crippen LogP contribution >= 0.6 is 11.6 Å². The molecule has 8 heteroatoms. The Kier molecular flexibility index (Phi) is 6.56. The van der Waals surface area contributed by atoms with Gasteiger partial charge in [-0.25, -0.2) is 17.6 Å². The van der Waals surface area contributed by atoms with E-state index in [-0.39, 0.29) is 25.2 Å². The lowest BCUT2D eigenvalue weighted by molar-refractivity contribution is -0.150. The molecule has 5 nitrogen and oxygen atoms in total. The highest BCUT2D eigenvalue weighted by Gasteiger charge is 2.48. The monoisotopic (exact) mass is 487 g/mol. The number of fused-ring (bicyclic) bond motifs is 1. The maximum absolute atomic E-state index is 13.2. The molecule has 3 aromatic carbocycles. The number of carbonyl (C=O) groups is 1. The number of hydrogen-bond acceptors (Lipinski definition) is 4. The minimum atomic E-state index is -3.93. The van der Waals surface area contributed by atoms with Gasteiger partial charge in [0.05, 0.1) is 12.4 Å². The Labute approximate surface area is 197 Å². The second kappa shape index (κ2) is 9.25. The summed E-state index contributed by atoms with van der Waals surface area (Å²) in [5, 5.41) is 0.636. The lowest BCUT2D eigenvalue weighted by atomic mass is 9.97. The Morgan fingerprint density at radius 2 is 1.64 bits per heavy atom. The van der Waals surface area contributed by atoms with Gasteiger partial charge in [0.1, 0.15) is 11.4 Å². The van der Waals surface area contributed by atoms with Gasteiger partial charge in [0.15, 0.2) is 0 Å². The van der Waals surface area contributed by atoms with E-state index in [1.165, 1.54) is 24.3 Å². The second-order valence-electron chi connectivity index (χ2n) is 8.13. The summed E-state index contributed by atoms with van der Waals surface area (Å²) in [5.41, 5.74) is 2.65. The third-order valence-corrected chi connectivity index (χ3v) is 7.32. The molecule has 0 aromatic heterocycles. The summed E-state index contributed by atoms with van der Waals surface area (Å²) in [6.45, 7) is 1.81. The van der Waals surface area contributed by atoms with Gasteiger partial charge in [-0.1, -0.05) is 54.1 Å². The standard InChI is InChI=1S/C25H23ClFNO4S/c1-2-32-24(29)25(28-33(30,31)16-17-3-11-23(27)12-4-17)14-20-6-5-19(13-21(20)15-25)18-7-9-22(26)10-8-18/h3-13,28H,2,14-16H2,1H3. The molecule has 0 spiro atoms. The van der Waals surface area contributed by atoms with Gasteiger partial charge in [0.2, 0.25) is 10.0 Å². The Balaban J connectivity index is 1.63. The van der Waals surface area contributed by atoms with Crippen LogP contribution in [-0.2, 0) is 38.1 Å². The van der Waals surface area contributed by atoms with Crippen molar-refractivity contribution in [1.82, 2.24) is 4.72 Å². The second-order valence-corrected chi connectivity index (χ2v) is 10.3. The van der Waals surface area contributed by atoms with Crippen molar-refractivity contribution >= 4 is 27.6 Å². The van der Waals surface area contributed by atoms with Crippen molar-refractivity contribution in [1.29, 1.82) is 0 Å². The number of nitrogens with one attached hydrogen (secondary N) is 1. The van der Waals surface area contributed by atoms with Crippen LogP contribution in [0.2, 0.25) is 5.02 Å². The molecule has 33 heavy (non-hydrogen) atoms. The first kappa shape index (κ1) is 23.4. The lowest BCUT2D eigenvalue weighted by Crippen LogP contribution is -2.56. The molecule has 0 saturated carbocycles. The zero-order valence-corrected chi connectivity index (χ0v) is 19.5. The molecule has 0 saturated heterocycles. The molecule has 0 heterocycles. The predicted molar refractivity (Wildman–Crippen MR) is 126 cm³/mol. The molecular formula is C25H23ClFNO4S. The van der Waals surface area contributed by atoms with Crippen LogP contribution in [0.1, 0.15) is 23.6 Å². The number of halogens is 2. The summed E-state index contributed by atoms with van der Waals surface area (Å²) < 4.78 is 47.1.